The van der Waals surface area contributed by atoms with Gasteiger partial charge in [-0.25, -0.2) is 34.3 Å². The molecule has 0 bridgehead atoms. The second-order valence-corrected chi connectivity index (χ2v) is 22.2. The largest absolute Gasteiger partial charge is 0.396 e. The Kier molecular flexibility index (Phi) is 14.2. The van der Waals surface area contributed by atoms with Gasteiger partial charge in [0.1, 0.15) is 40.6 Å². The lowest BCUT2D eigenvalue weighted by Crippen LogP contribution is -2.56. The molecule has 0 aliphatic carbocycles. The summed E-state index contributed by atoms with van der Waals surface area (Å²) in [5.41, 5.74) is 4.03. The Balaban J connectivity index is 0.844. The van der Waals surface area contributed by atoms with Gasteiger partial charge in [-0.05, 0) is 117 Å². The minimum absolute atomic E-state index is 0.0984. The van der Waals surface area contributed by atoms with Crippen molar-refractivity contribution in [1.82, 2.24) is 59.3 Å². The fraction of sp³-hybridized carbons (Fsp3) is 0.481. The van der Waals surface area contributed by atoms with Crippen molar-refractivity contribution in [2.24, 2.45) is 29.6 Å². The van der Waals surface area contributed by atoms with E-state index in [4.69, 9.17) is 71.4 Å². The molecule has 73 heavy (non-hydrogen) atoms. The molecule has 17 nitrogen and oxygen atoms in total. The van der Waals surface area contributed by atoms with Crippen LogP contribution in [0.2, 0.25) is 20.1 Å². The van der Waals surface area contributed by atoms with E-state index in [1.807, 2.05) is 42.2 Å². The molecule has 0 radical (unpaired) electrons. The van der Waals surface area contributed by atoms with Gasteiger partial charge < -0.3 is 24.8 Å². The number of rotatable bonds is 15. The Labute approximate surface area is 443 Å². The van der Waals surface area contributed by atoms with Crippen LogP contribution in [0.3, 0.4) is 0 Å². The van der Waals surface area contributed by atoms with E-state index in [2.05, 4.69) is 53.7 Å². The number of nitrogens with one attached hydrogen (secondary N) is 1. The van der Waals surface area contributed by atoms with E-state index >= 15 is 0 Å². The van der Waals surface area contributed by atoms with E-state index in [-0.39, 0.29) is 36.0 Å². The lowest BCUT2D eigenvalue weighted by Gasteiger charge is -2.50. The van der Waals surface area contributed by atoms with E-state index in [0.29, 0.717) is 84.7 Å². The second kappa shape index (κ2) is 20.9. The summed E-state index contributed by atoms with van der Waals surface area (Å²) in [6, 6.07) is 14.9. The van der Waals surface area contributed by atoms with Crippen LogP contribution in [0.15, 0.2) is 61.2 Å². The van der Waals surface area contributed by atoms with Crippen molar-refractivity contribution in [2.45, 2.75) is 70.6 Å². The third kappa shape index (κ3) is 9.94. The predicted octanol–water partition coefficient (Wildman–Crippen LogP) is 8.83. The summed E-state index contributed by atoms with van der Waals surface area (Å²) >= 11 is 26.5. The van der Waals surface area contributed by atoms with Crippen LogP contribution in [0.25, 0.3) is 22.3 Å². The van der Waals surface area contributed by atoms with Gasteiger partial charge >= 0.3 is 0 Å². The molecule has 4 aliphatic rings. The zero-order chi connectivity index (χ0) is 50.5. The third-order valence-corrected chi connectivity index (χ3v) is 17.1. The van der Waals surface area contributed by atoms with E-state index in [1.54, 1.807) is 35.3 Å². The van der Waals surface area contributed by atoms with E-state index in [9.17, 15) is 15.6 Å². The maximum absolute atomic E-state index is 10.5. The summed E-state index contributed by atoms with van der Waals surface area (Å²) in [5.74, 6) is 4.49. The fourth-order valence-corrected chi connectivity index (χ4v) is 13.0. The van der Waals surface area contributed by atoms with Crippen LogP contribution in [0.1, 0.15) is 86.4 Å². The average Bonchev–Trinajstić information content (AvgIpc) is 4.10. The Bertz CT molecular complexity index is 3210. The van der Waals surface area contributed by atoms with Gasteiger partial charge in [-0.15, -0.1) is 0 Å². The molecule has 11 rings (SSSR count). The predicted molar refractivity (Wildman–Crippen MR) is 282 cm³/mol. The number of aromatic amines is 1. The number of aromatic nitrogens is 10. The van der Waals surface area contributed by atoms with Gasteiger partial charge in [-0.3, -0.25) is 4.90 Å². The Morgan fingerprint density at radius 1 is 0.740 bits per heavy atom. The molecule has 378 valence electrons. The highest BCUT2D eigenvalue weighted by Crippen LogP contribution is 2.43. The molecule has 7 aromatic rings. The molecule has 9 heterocycles. The summed E-state index contributed by atoms with van der Waals surface area (Å²) in [6.45, 7) is 12.3. The smallest absolute Gasteiger partial charge is 0.190 e. The number of piperidine rings is 2. The van der Waals surface area contributed by atoms with Crippen LogP contribution in [-0.4, -0.2) is 129 Å². The normalized spacial score (nSPS) is 21.5. The standard InChI is InChI=1S/C52H56Cl4N16O/c1-30(9-13-73)68-22-32(14-34(24-68)36-27-70(28-36)47-20-61-49-43(18-57)65-71(51(49)63-47)31(2)39-7-5-37(53)16-41(39)55)15-45(40-8-6-38(54)17-42(40)56)72-52-50(44(19-58)66-72)62-21-48(64-52)69-25-35(26-69)33-4-3-12-67(23-33)29-46-59-10-11-60-46/h5-8,10-11,16-17,20-21,30-36,45,73H,3-4,9,12-15,22-29H2,1-2H3,(H,59,60). The molecule has 4 saturated heterocycles. The zero-order valence-electron chi connectivity index (χ0n) is 40.7. The first-order chi connectivity index (χ1) is 35.4. The van der Waals surface area contributed by atoms with Gasteiger partial charge in [0.2, 0.25) is 0 Å². The van der Waals surface area contributed by atoms with E-state index in [0.717, 1.165) is 88.1 Å². The van der Waals surface area contributed by atoms with Crippen LogP contribution < -0.4 is 9.80 Å². The summed E-state index contributed by atoms with van der Waals surface area (Å²) in [4.78, 5) is 37.2. The minimum Gasteiger partial charge on any atom is -0.396 e. The lowest BCUT2D eigenvalue weighted by atomic mass is 9.75. The molecule has 4 aliphatic heterocycles. The molecule has 2 aromatic carbocycles. The monoisotopic (exact) mass is 1060 g/mol. The summed E-state index contributed by atoms with van der Waals surface area (Å²) < 4.78 is 3.61. The van der Waals surface area contributed by atoms with Crippen molar-refractivity contribution in [3.05, 3.63) is 110 Å². The Morgan fingerprint density at radius 3 is 1.96 bits per heavy atom. The van der Waals surface area contributed by atoms with Crippen molar-refractivity contribution in [3.8, 4) is 12.1 Å². The number of nitrogens with zero attached hydrogens (tertiary/aromatic N) is 15. The van der Waals surface area contributed by atoms with Crippen LogP contribution >= 0.6 is 46.4 Å². The number of imidazole rings is 1. The number of fused-ring (bicyclic) bond motifs is 2. The number of benzene rings is 2. The van der Waals surface area contributed by atoms with Gasteiger partial charge in [0.25, 0.3) is 0 Å². The highest BCUT2D eigenvalue weighted by molar-refractivity contribution is 6.35. The van der Waals surface area contributed by atoms with Crippen LogP contribution in [-0.2, 0) is 6.54 Å². The Hall–Kier alpha value is -5.63. The van der Waals surface area contributed by atoms with Crippen molar-refractivity contribution in [3.63, 3.8) is 0 Å². The molecular weight excluding hydrogens is 1010 g/mol. The topological polar surface area (TPSA) is 197 Å². The number of hydrogen-bond donors (Lipinski definition) is 2. The van der Waals surface area contributed by atoms with E-state index in [1.165, 1.54) is 12.8 Å². The lowest BCUT2D eigenvalue weighted by molar-refractivity contribution is 0.0405. The number of nitriles is 2. The van der Waals surface area contributed by atoms with Gasteiger partial charge in [0.15, 0.2) is 22.7 Å². The van der Waals surface area contributed by atoms with Gasteiger partial charge in [-0.2, -0.15) is 20.7 Å². The first-order valence-electron chi connectivity index (χ1n) is 25.2. The number of likely N-dealkylation sites (tertiary alicyclic amines) is 2. The Morgan fingerprint density at radius 2 is 1.36 bits per heavy atom. The van der Waals surface area contributed by atoms with Crippen molar-refractivity contribution >= 4 is 80.4 Å². The third-order valence-electron chi connectivity index (χ3n) is 16.0. The molecule has 4 fully saturated rings. The van der Waals surface area contributed by atoms with Crippen LogP contribution in [0, 0.1) is 52.3 Å². The molecule has 0 saturated carbocycles. The number of hydrogen-bond acceptors (Lipinski definition) is 14. The molecule has 6 unspecified atom stereocenters. The average molecular weight is 1060 g/mol. The number of halogens is 4. The minimum atomic E-state index is -0.391. The van der Waals surface area contributed by atoms with Crippen molar-refractivity contribution < 1.29 is 5.11 Å². The number of aliphatic hydroxyl groups is 1. The molecule has 0 amide bonds. The van der Waals surface area contributed by atoms with Crippen LogP contribution in [0.5, 0.6) is 0 Å². The van der Waals surface area contributed by atoms with Gasteiger partial charge in [0.05, 0.1) is 31.0 Å². The summed E-state index contributed by atoms with van der Waals surface area (Å²) in [6.07, 6.45) is 11.9. The highest BCUT2D eigenvalue weighted by Gasteiger charge is 2.42. The summed E-state index contributed by atoms with van der Waals surface area (Å²) in [5, 5.41) is 42.3. The van der Waals surface area contributed by atoms with Crippen molar-refractivity contribution in [2.75, 3.05) is 68.8 Å². The van der Waals surface area contributed by atoms with E-state index < -0.39 is 6.04 Å². The number of aliphatic hydroxyl groups excluding tert-OH is 1. The van der Waals surface area contributed by atoms with Crippen LogP contribution in [0.4, 0.5) is 11.6 Å². The molecule has 6 atom stereocenters. The first-order valence-corrected chi connectivity index (χ1v) is 26.7. The molecule has 5 aromatic heterocycles. The summed E-state index contributed by atoms with van der Waals surface area (Å²) in [7, 11) is 0. The quantitative estimate of drug-likeness (QED) is 0.0988. The van der Waals surface area contributed by atoms with Gasteiger partial charge in [0, 0.05) is 90.9 Å². The van der Waals surface area contributed by atoms with Crippen molar-refractivity contribution in [1.29, 1.82) is 10.5 Å². The zero-order valence-corrected chi connectivity index (χ0v) is 43.7. The number of H-pyrrole nitrogens is 1. The number of anilines is 2. The molecule has 21 heteroatoms. The van der Waals surface area contributed by atoms with Gasteiger partial charge in [-0.1, -0.05) is 58.5 Å². The first kappa shape index (κ1) is 49.6. The second-order valence-electron chi connectivity index (χ2n) is 20.6. The molecule has 0 spiro atoms. The maximum atomic E-state index is 10.5. The maximum Gasteiger partial charge on any atom is 0.190 e. The molecular formula is C52H56Cl4N16O. The molecule has 2 N–H and O–H groups in total. The SMILES string of the molecule is CC(CCO)N1CC(CC(c2ccc(Cl)cc2Cl)n2nc(C#N)c3ncc(N4CC(C5CCCN(Cc6ncc[nH]6)C5)C4)nc32)CC(C2CN(c3cnc4c(C#N)nn(C(C)c5ccc(Cl)cc5Cl)c4n3)C2)C1. The highest BCUT2D eigenvalue weighted by atomic mass is 35.5. The fourth-order valence-electron chi connectivity index (χ4n) is 11.9.